The molecule has 0 heterocycles. The van der Waals surface area contributed by atoms with Crippen molar-refractivity contribution in [3.05, 3.63) is 126 Å². The van der Waals surface area contributed by atoms with Crippen LogP contribution in [0.4, 0.5) is 11.4 Å². The van der Waals surface area contributed by atoms with Gasteiger partial charge in [0.15, 0.2) is 0 Å². The summed E-state index contributed by atoms with van der Waals surface area (Å²) in [6, 6.07) is 17.3. The summed E-state index contributed by atoms with van der Waals surface area (Å²) < 4.78 is 11.0. The monoisotopic (exact) mass is 556 g/mol. The average molecular weight is 556 g/mol. The van der Waals surface area contributed by atoms with Gasteiger partial charge in [0.1, 0.15) is 11.5 Å². The second kappa shape index (κ2) is 11.5. The molecule has 0 N–H and O–H groups in total. The fourth-order valence-corrected chi connectivity index (χ4v) is 4.14. The van der Waals surface area contributed by atoms with Crippen LogP contribution >= 0.6 is 0 Å². The fraction of sp³-hybridized carbons (Fsp3) is 0.103. The Labute approximate surface area is 232 Å². The van der Waals surface area contributed by atoms with E-state index in [1.54, 1.807) is 36.4 Å². The van der Waals surface area contributed by atoms with Gasteiger partial charge in [0.2, 0.25) is 0 Å². The Morgan fingerprint density at radius 2 is 1.00 bits per heavy atom. The predicted molar refractivity (Wildman–Crippen MR) is 140 cm³/mol. The number of ether oxygens (including phenoxy) is 2. The van der Waals surface area contributed by atoms with Crippen LogP contribution in [0.1, 0.15) is 43.0 Å². The van der Waals surface area contributed by atoms with Gasteiger partial charge in [0, 0.05) is 29.7 Å². The normalized spacial score (nSPS) is 10.6. The molecule has 0 aliphatic rings. The van der Waals surface area contributed by atoms with Crippen LogP contribution in [0.25, 0.3) is 0 Å². The molecule has 0 aliphatic heterocycles. The number of rotatable bonds is 8. The van der Waals surface area contributed by atoms with Crippen LogP contribution in [0.15, 0.2) is 72.8 Å². The van der Waals surface area contributed by atoms with Crippen molar-refractivity contribution >= 4 is 23.3 Å². The highest BCUT2D eigenvalue weighted by atomic mass is 16.6. The molecule has 0 atom stereocenters. The Morgan fingerprint density at radius 1 is 0.659 bits per heavy atom. The van der Waals surface area contributed by atoms with Gasteiger partial charge in [-0.3, -0.25) is 20.2 Å². The van der Waals surface area contributed by atoms with E-state index in [2.05, 4.69) is 0 Å². The Morgan fingerprint density at radius 3 is 1.32 bits per heavy atom. The standard InChI is InChI=1S/C29H22N2O10/c1-16-24(32)22(30(36)37)14-20(26(16)40-28(34)18-9-5-3-6-10-18)13-21-15-23(31(38)39)25(33)17(2)27(21)41-29(35)19-11-7-4-8-12-19/h3-12,14-15,32-33H,13H2,1-2H3/p-2. The molecular weight excluding hydrogens is 536 g/mol. The first-order valence-corrected chi connectivity index (χ1v) is 12.0. The first-order valence-electron chi connectivity index (χ1n) is 12.0. The third kappa shape index (κ3) is 5.81. The molecule has 0 bridgehead atoms. The molecule has 12 nitrogen and oxygen atoms in total. The van der Waals surface area contributed by atoms with Crippen molar-refractivity contribution in [2.45, 2.75) is 20.3 Å². The fourth-order valence-electron chi connectivity index (χ4n) is 4.14. The smallest absolute Gasteiger partial charge is 0.343 e. The zero-order valence-electron chi connectivity index (χ0n) is 21.6. The Bertz CT molecular complexity index is 1560. The zero-order chi connectivity index (χ0) is 29.8. The maximum absolute atomic E-state index is 12.9. The largest absolute Gasteiger partial charge is 0.868 e. The Kier molecular flexibility index (Phi) is 7.94. The lowest BCUT2D eigenvalue weighted by Crippen LogP contribution is -2.15. The number of esters is 2. The summed E-state index contributed by atoms with van der Waals surface area (Å²) in [6.45, 7) is 2.47. The molecule has 0 radical (unpaired) electrons. The molecule has 4 rings (SSSR count). The van der Waals surface area contributed by atoms with E-state index >= 15 is 0 Å². The SMILES string of the molecule is Cc1c([O-])c([N+](=O)[O-])cc(Cc2cc([N+](=O)[O-])c([O-])c(C)c2OC(=O)c2ccccc2)c1OC(=O)c1ccccc1. The molecule has 0 aliphatic carbocycles. The number of hydrogen-bond acceptors (Lipinski definition) is 10. The molecule has 0 fully saturated rings. The minimum absolute atomic E-state index is 0.0811. The molecule has 41 heavy (non-hydrogen) atoms. The minimum atomic E-state index is -0.998. The number of nitro benzene ring substituents is 2. The highest BCUT2D eigenvalue weighted by molar-refractivity contribution is 5.92. The van der Waals surface area contributed by atoms with Gasteiger partial charge < -0.3 is 19.7 Å². The van der Waals surface area contributed by atoms with Crippen LogP contribution in [-0.4, -0.2) is 21.8 Å². The van der Waals surface area contributed by atoms with E-state index in [1.807, 2.05) is 0 Å². The maximum Gasteiger partial charge on any atom is 0.343 e. The summed E-state index contributed by atoms with van der Waals surface area (Å²) in [6.07, 6.45) is -0.446. The third-order valence-corrected chi connectivity index (χ3v) is 6.22. The van der Waals surface area contributed by atoms with E-state index in [0.29, 0.717) is 0 Å². The van der Waals surface area contributed by atoms with E-state index in [0.717, 1.165) is 12.1 Å². The summed E-state index contributed by atoms with van der Waals surface area (Å²) in [5.41, 5.74) is -2.07. The highest BCUT2D eigenvalue weighted by Gasteiger charge is 2.25. The van der Waals surface area contributed by atoms with Gasteiger partial charge in [0.05, 0.1) is 21.0 Å². The van der Waals surface area contributed by atoms with E-state index in [1.165, 1.54) is 38.1 Å². The van der Waals surface area contributed by atoms with Crippen molar-refractivity contribution in [3.8, 4) is 23.0 Å². The van der Waals surface area contributed by atoms with Crippen molar-refractivity contribution in [1.82, 2.24) is 0 Å². The van der Waals surface area contributed by atoms with Gasteiger partial charge in [-0.15, -0.1) is 0 Å². The Balaban J connectivity index is 1.88. The molecule has 0 spiro atoms. The number of carbonyl (C=O) groups is 2. The quantitative estimate of drug-likeness (QED) is 0.131. The maximum atomic E-state index is 12.9. The van der Waals surface area contributed by atoms with Crippen LogP contribution in [0.2, 0.25) is 0 Å². The number of carbonyl (C=O) groups excluding carboxylic acids is 2. The second-order valence-electron chi connectivity index (χ2n) is 8.88. The van der Waals surface area contributed by atoms with Crippen LogP contribution in [0.5, 0.6) is 23.0 Å². The number of benzene rings is 4. The molecule has 0 saturated carbocycles. The van der Waals surface area contributed by atoms with Crippen molar-refractivity contribution in [2.75, 3.05) is 0 Å². The van der Waals surface area contributed by atoms with Crippen LogP contribution in [0.3, 0.4) is 0 Å². The van der Waals surface area contributed by atoms with Crippen LogP contribution < -0.4 is 19.7 Å². The molecule has 4 aromatic rings. The third-order valence-electron chi connectivity index (χ3n) is 6.22. The van der Waals surface area contributed by atoms with E-state index < -0.39 is 51.1 Å². The van der Waals surface area contributed by atoms with E-state index in [4.69, 9.17) is 9.47 Å². The lowest BCUT2D eigenvalue weighted by molar-refractivity contribution is -0.398. The topological polar surface area (TPSA) is 185 Å². The van der Waals surface area contributed by atoms with Crippen molar-refractivity contribution < 1.29 is 39.1 Å². The van der Waals surface area contributed by atoms with Gasteiger partial charge >= 0.3 is 11.9 Å². The average Bonchev–Trinajstić information content (AvgIpc) is 2.96. The van der Waals surface area contributed by atoms with Gasteiger partial charge in [-0.25, -0.2) is 9.59 Å². The predicted octanol–water partition coefficient (Wildman–Crippen LogP) is 4.30. The molecule has 4 aromatic carbocycles. The molecule has 208 valence electrons. The van der Waals surface area contributed by atoms with Gasteiger partial charge in [-0.05, 0) is 60.7 Å². The first kappa shape index (κ1) is 28.2. The molecule has 0 unspecified atom stereocenters. The lowest BCUT2D eigenvalue weighted by Gasteiger charge is -2.22. The van der Waals surface area contributed by atoms with Gasteiger partial charge in [0.25, 0.3) is 11.4 Å². The molecular formula is C29H20N2O10-2. The van der Waals surface area contributed by atoms with Crippen LogP contribution in [-0.2, 0) is 6.42 Å². The number of nitrogens with zero attached hydrogens (tertiary/aromatic N) is 2. The molecule has 12 heteroatoms. The van der Waals surface area contributed by atoms with E-state index in [9.17, 15) is 40.0 Å². The van der Waals surface area contributed by atoms with Gasteiger partial charge in [-0.1, -0.05) is 36.4 Å². The minimum Gasteiger partial charge on any atom is -0.868 e. The summed E-state index contributed by atoms with van der Waals surface area (Å²) in [5, 5.41) is 48.8. The molecule has 0 amide bonds. The van der Waals surface area contributed by atoms with Gasteiger partial charge in [-0.2, -0.15) is 0 Å². The van der Waals surface area contributed by atoms with Crippen LogP contribution in [0, 0.1) is 34.1 Å². The zero-order valence-corrected chi connectivity index (χ0v) is 21.6. The first-order chi connectivity index (χ1) is 19.5. The molecule has 0 saturated heterocycles. The lowest BCUT2D eigenvalue weighted by atomic mass is 9.96. The van der Waals surface area contributed by atoms with Crippen molar-refractivity contribution in [3.63, 3.8) is 0 Å². The number of nitro groups is 2. The summed E-state index contributed by atoms with van der Waals surface area (Å²) in [7, 11) is 0. The Hall–Kier alpha value is -5.78. The second-order valence-corrected chi connectivity index (χ2v) is 8.88. The molecule has 0 aromatic heterocycles. The highest BCUT2D eigenvalue weighted by Crippen LogP contribution is 2.42. The van der Waals surface area contributed by atoms with E-state index in [-0.39, 0.29) is 44.9 Å². The summed E-state index contributed by atoms with van der Waals surface area (Å²) in [5.74, 6) is -4.33. The van der Waals surface area contributed by atoms with Crippen molar-refractivity contribution in [2.24, 2.45) is 0 Å². The number of hydrogen-bond donors (Lipinski definition) is 0. The van der Waals surface area contributed by atoms with Crippen molar-refractivity contribution in [1.29, 1.82) is 0 Å². The summed E-state index contributed by atoms with van der Waals surface area (Å²) >= 11 is 0. The summed E-state index contributed by atoms with van der Waals surface area (Å²) in [4.78, 5) is 47.2.